The van der Waals surface area contributed by atoms with Crippen LogP contribution in [0.4, 0.5) is 0 Å². The first-order valence-electron chi connectivity index (χ1n) is 5.67. The fourth-order valence-corrected chi connectivity index (χ4v) is 2.17. The lowest BCUT2D eigenvalue weighted by atomic mass is 10.1. The van der Waals surface area contributed by atoms with Crippen LogP contribution in [-0.4, -0.2) is 5.11 Å². The average Bonchev–Trinajstić information content (AvgIpc) is 2.38. The molecule has 0 saturated heterocycles. The third-order valence-corrected chi connectivity index (χ3v) is 3.08. The van der Waals surface area contributed by atoms with Crippen LogP contribution in [0.1, 0.15) is 0 Å². The predicted molar refractivity (Wildman–Crippen MR) is 74.6 cm³/mol. The number of phenolic OH excluding ortho intramolecular Hbond substituents is 1. The van der Waals surface area contributed by atoms with Crippen molar-refractivity contribution in [3.8, 4) is 17.1 Å². The van der Waals surface area contributed by atoms with E-state index in [-0.39, 0.29) is 16.6 Å². The number of hydrogen-bond acceptors (Lipinski definition) is 3. The van der Waals surface area contributed by atoms with Crippen LogP contribution < -0.4 is 5.43 Å². The Kier molecular flexibility index (Phi) is 2.76. The number of halogens is 1. The van der Waals surface area contributed by atoms with E-state index in [2.05, 4.69) is 0 Å². The fraction of sp³-hybridized carbons (Fsp3) is 0. The van der Waals surface area contributed by atoms with Crippen LogP contribution in [0.3, 0.4) is 0 Å². The van der Waals surface area contributed by atoms with Gasteiger partial charge in [0.1, 0.15) is 22.5 Å². The topological polar surface area (TPSA) is 50.4 Å². The molecule has 3 nitrogen and oxygen atoms in total. The van der Waals surface area contributed by atoms with Gasteiger partial charge in [0.15, 0.2) is 5.43 Å². The summed E-state index contributed by atoms with van der Waals surface area (Å²) in [6.45, 7) is 0. The molecule has 1 aromatic heterocycles. The summed E-state index contributed by atoms with van der Waals surface area (Å²) in [5.74, 6) is 0.342. The second-order valence-corrected chi connectivity index (χ2v) is 4.57. The summed E-state index contributed by atoms with van der Waals surface area (Å²) < 4.78 is 5.65. The van der Waals surface area contributed by atoms with E-state index in [0.717, 1.165) is 5.56 Å². The van der Waals surface area contributed by atoms with Crippen molar-refractivity contribution in [2.45, 2.75) is 0 Å². The molecular formula is C15H9ClO3. The van der Waals surface area contributed by atoms with Crippen molar-refractivity contribution in [3.05, 3.63) is 63.8 Å². The van der Waals surface area contributed by atoms with Gasteiger partial charge < -0.3 is 9.52 Å². The fourth-order valence-electron chi connectivity index (χ4n) is 1.98. The van der Waals surface area contributed by atoms with Crippen molar-refractivity contribution < 1.29 is 9.52 Å². The lowest BCUT2D eigenvalue weighted by Gasteiger charge is -2.04. The van der Waals surface area contributed by atoms with Gasteiger partial charge in [-0.2, -0.15) is 0 Å². The Morgan fingerprint density at radius 1 is 1.05 bits per heavy atom. The molecular weight excluding hydrogens is 264 g/mol. The smallest absolute Gasteiger partial charge is 0.197 e. The van der Waals surface area contributed by atoms with Gasteiger partial charge in [0.2, 0.25) is 0 Å². The molecule has 0 amide bonds. The first-order valence-corrected chi connectivity index (χ1v) is 6.05. The van der Waals surface area contributed by atoms with E-state index < -0.39 is 0 Å². The summed E-state index contributed by atoms with van der Waals surface area (Å²) in [5, 5.41) is 10.4. The van der Waals surface area contributed by atoms with Crippen molar-refractivity contribution in [2.24, 2.45) is 0 Å². The second kappa shape index (κ2) is 4.44. The molecule has 0 spiro atoms. The van der Waals surface area contributed by atoms with Crippen LogP contribution in [0.15, 0.2) is 57.7 Å². The zero-order valence-electron chi connectivity index (χ0n) is 9.76. The Morgan fingerprint density at radius 2 is 1.84 bits per heavy atom. The molecule has 1 heterocycles. The summed E-state index contributed by atoms with van der Waals surface area (Å²) in [7, 11) is 0. The van der Waals surface area contributed by atoms with E-state index in [0.29, 0.717) is 16.4 Å². The van der Waals surface area contributed by atoms with Crippen molar-refractivity contribution in [2.75, 3.05) is 0 Å². The van der Waals surface area contributed by atoms with Crippen LogP contribution in [0.25, 0.3) is 22.3 Å². The minimum Gasteiger partial charge on any atom is -0.507 e. The van der Waals surface area contributed by atoms with Crippen LogP contribution in [0, 0.1) is 0 Å². The first kappa shape index (κ1) is 11.8. The maximum absolute atomic E-state index is 12.0. The Bertz CT molecular complexity index is 821. The van der Waals surface area contributed by atoms with Gasteiger partial charge in [-0.25, -0.2) is 0 Å². The predicted octanol–water partition coefficient (Wildman–Crippen LogP) is 3.82. The quantitative estimate of drug-likeness (QED) is 0.733. The molecule has 3 rings (SSSR count). The molecule has 1 N–H and O–H groups in total. The van der Waals surface area contributed by atoms with Crippen LogP contribution in [-0.2, 0) is 0 Å². The molecule has 19 heavy (non-hydrogen) atoms. The summed E-state index contributed by atoms with van der Waals surface area (Å²) in [6.07, 6.45) is 0. The average molecular weight is 273 g/mol. The van der Waals surface area contributed by atoms with E-state index in [1.54, 1.807) is 36.4 Å². The monoisotopic (exact) mass is 272 g/mol. The zero-order valence-corrected chi connectivity index (χ0v) is 10.5. The normalized spacial score (nSPS) is 10.8. The van der Waals surface area contributed by atoms with Gasteiger partial charge in [0.25, 0.3) is 0 Å². The van der Waals surface area contributed by atoms with E-state index in [1.807, 2.05) is 0 Å². The molecule has 0 aliphatic heterocycles. The number of phenols is 1. The largest absolute Gasteiger partial charge is 0.507 e. The van der Waals surface area contributed by atoms with E-state index in [9.17, 15) is 9.90 Å². The van der Waals surface area contributed by atoms with Crippen LogP contribution in [0.5, 0.6) is 5.75 Å². The molecule has 0 saturated carbocycles. The Balaban J connectivity index is 2.30. The SMILES string of the molecule is O=c1cc(-c2cccc(Cl)c2)oc2cccc(O)c12. The molecule has 0 radical (unpaired) electrons. The summed E-state index contributed by atoms with van der Waals surface area (Å²) in [6, 6.07) is 13.1. The Labute approximate surface area is 113 Å². The standard InChI is InChI=1S/C15H9ClO3/c16-10-4-1-3-9(7-10)14-8-12(18)15-11(17)5-2-6-13(15)19-14/h1-8,17H. The number of hydrogen-bond donors (Lipinski definition) is 1. The molecule has 0 aliphatic carbocycles. The molecule has 0 atom stereocenters. The van der Waals surface area contributed by atoms with Gasteiger partial charge in [-0.3, -0.25) is 4.79 Å². The molecule has 3 aromatic rings. The summed E-state index contributed by atoms with van der Waals surface area (Å²) >= 11 is 5.92. The minimum atomic E-state index is -0.283. The van der Waals surface area contributed by atoms with Crippen molar-refractivity contribution in [1.29, 1.82) is 0 Å². The van der Waals surface area contributed by atoms with Crippen molar-refractivity contribution in [1.82, 2.24) is 0 Å². The highest BCUT2D eigenvalue weighted by Gasteiger charge is 2.10. The van der Waals surface area contributed by atoms with Gasteiger partial charge >= 0.3 is 0 Å². The minimum absolute atomic E-state index is 0.0797. The third-order valence-electron chi connectivity index (χ3n) is 2.84. The number of benzene rings is 2. The first-order chi connectivity index (χ1) is 9.15. The van der Waals surface area contributed by atoms with Gasteiger partial charge in [-0.1, -0.05) is 29.8 Å². The zero-order chi connectivity index (χ0) is 13.4. The highest BCUT2D eigenvalue weighted by atomic mass is 35.5. The maximum Gasteiger partial charge on any atom is 0.197 e. The second-order valence-electron chi connectivity index (χ2n) is 4.14. The molecule has 94 valence electrons. The maximum atomic E-state index is 12.0. The molecule has 0 aliphatic rings. The third kappa shape index (κ3) is 2.09. The number of rotatable bonds is 1. The van der Waals surface area contributed by atoms with Crippen molar-refractivity contribution in [3.63, 3.8) is 0 Å². The van der Waals surface area contributed by atoms with Gasteiger partial charge in [0.05, 0.1) is 0 Å². The lowest BCUT2D eigenvalue weighted by Crippen LogP contribution is -2.00. The van der Waals surface area contributed by atoms with E-state index >= 15 is 0 Å². The van der Waals surface area contributed by atoms with E-state index in [1.165, 1.54) is 12.1 Å². The van der Waals surface area contributed by atoms with Crippen LogP contribution >= 0.6 is 11.6 Å². The molecule has 2 aromatic carbocycles. The Hall–Kier alpha value is -2.26. The summed E-state index contributed by atoms with van der Waals surface area (Å²) in [4.78, 5) is 12.0. The highest BCUT2D eigenvalue weighted by Crippen LogP contribution is 2.27. The molecule has 0 fully saturated rings. The molecule has 4 heteroatoms. The molecule has 0 bridgehead atoms. The van der Waals surface area contributed by atoms with Crippen molar-refractivity contribution >= 4 is 22.6 Å². The summed E-state index contributed by atoms with van der Waals surface area (Å²) in [5.41, 5.74) is 0.784. The lowest BCUT2D eigenvalue weighted by molar-refractivity contribution is 0.479. The van der Waals surface area contributed by atoms with Gasteiger partial charge in [-0.05, 0) is 24.3 Å². The number of fused-ring (bicyclic) bond motifs is 1. The number of aromatic hydroxyl groups is 1. The van der Waals surface area contributed by atoms with E-state index in [4.69, 9.17) is 16.0 Å². The van der Waals surface area contributed by atoms with Gasteiger partial charge in [-0.15, -0.1) is 0 Å². The molecule has 0 unspecified atom stereocenters. The van der Waals surface area contributed by atoms with Crippen LogP contribution in [0.2, 0.25) is 5.02 Å². The van der Waals surface area contributed by atoms with Gasteiger partial charge in [0, 0.05) is 16.7 Å². The highest BCUT2D eigenvalue weighted by molar-refractivity contribution is 6.30. The Morgan fingerprint density at radius 3 is 2.63 bits per heavy atom.